The SMILES string of the molecule is [C]1=CSN(C2=NNNN2)N1. The van der Waals surface area contributed by atoms with Crippen LogP contribution in [0.15, 0.2) is 10.5 Å². The number of hydrogen-bond donors (Lipinski definition) is 4. The summed E-state index contributed by atoms with van der Waals surface area (Å²) in [5.41, 5.74) is 10.7. The number of hydrazine groups is 3. The van der Waals surface area contributed by atoms with Crippen LogP contribution in [0.4, 0.5) is 0 Å². The first-order chi connectivity index (χ1) is 4.97. The van der Waals surface area contributed by atoms with E-state index in [1.165, 1.54) is 11.9 Å². The number of hydrazone groups is 1. The Labute approximate surface area is 61.8 Å². The highest BCUT2D eigenvalue weighted by Crippen LogP contribution is 2.12. The molecule has 0 unspecified atom stereocenters. The van der Waals surface area contributed by atoms with Crippen molar-refractivity contribution >= 4 is 17.9 Å². The second kappa shape index (κ2) is 2.27. The van der Waals surface area contributed by atoms with Crippen molar-refractivity contribution in [2.45, 2.75) is 0 Å². The molecular weight excluding hydrogens is 152 g/mol. The van der Waals surface area contributed by atoms with Gasteiger partial charge in [-0.3, -0.25) is 10.9 Å². The Morgan fingerprint density at radius 1 is 1.70 bits per heavy atom. The predicted molar refractivity (Wildman–Crippen MR) is 37.2 cm³/mol. The van der Waals surface area contributed by atoms with E-state index in [0.29, 0.717) is 5.96 Å². The monoisotopic (exact) mass is 157 g/mol. The second-order valence-corrected chi connectivity index (χ2v) is 2.38. The number of rotatable bonds is 0. The van der Waals surface area contributed by atoms with Gasteiger partial charge in [-0.05, 0) is 0 Å². The molecule has 7 heteroatoms. The lowest BCUT2D eigenvalue weighted by molar-refractivity contribution is 0.543. The van der Waals surface area contributed by atoms with Crippen LogP contribution in [0.5, 0.6) is 0 Å². The molecule has 0 fully saturated rings. The van der Waals surface area contributed by atoms with E-state index in [-0.39, 0.29) is 0 Å². The Morgan fingerprint density at radius 2 is 2.70 bits per heavy atom. The van der Waals surface area contributed by atoms with Crippen molar-refractivity contribution in [3.05, 3.63) is 11.6 Å². The molecule has 6 nitrogen and oxygen atoms in total. The fourth-order valence-corrected chi connectivity index (χ4v) is 1.08. The van der Waals surface area contributed by atoms with Crippen molar-refractivity contribution in [2.75, 3.05) is 0 Å². The quantitative estimate of drug-likeness (QED) is 0.325. The van der Waals surface area contributed by atoms with Crippen LogP contribution < -0.4 is 21.9 Å². The van der Waals surface area contributed by atoms with Crippen molar-refractivity contribution in [3.63, 3.8) is 0 Å². The number of nitrogens with one attached hydrogen (secondary N) is 4. The Kier molecular flexibility index (Phi) is 1.29. The van der Waals surface area contributed by atoms with E-state index in [9.17, 15) is 0 Å². The van der Waals surface area contributed by atoms with Gasteiger partial charge in [0.05, 0.1) is 6.20 Å². The maximum Gasteiger partial charge on any atom is 0.263 e. The lowest BCUT2D eigenvalue weighted by atomic mass is 11.0. The molecule has 0 aromatic carbocycles. The summed E-state index contributed by atoms with van der Waals surface area (Å²) >= 11 is 1.45. The molecule has 2 aliphatic heterocycles. The summed E-state index contributed by atoms with van der Waals surface area (Å²) in [6.07, 6.45) is 2.79. The Hall–Kier alpha value is -1.08. The molecule has 0 spiro atoms. The maximum atomic E-state index is 3.84. The average molecular weight is 157 g/mol. The van der Waals surface area contributed by atoms with Crippen molar-refractivity contribution in [3.8, 4) is 0 Å². The third-order valence-electron chi connectivity index (χ3n) is 0.968. The lowest BCUT2D eigenvalue weighted by Crippen LogP contribution is -2.43. The van der Waals surface area contributed by atoms with E-state index in [1.807, 2.05) is 0 Å². The van der Waals surface area contributed by atoms with E-state index >= 15 is 0 Å². The highest BCUT2D eigenvalue weighted by Gasteiger charge is 2.15. The van der Waals surface area contributed by atoms with Gasteiger partial charge < -0.3 is 0 Å². The van der Waals surface area contributed by atoms with Gasteiger partial charge in [-0.15, -0.1) is 10.6 Å². The summed E-state index contributed by atoms with van der Waals surface area (Å²) in [5.74, 6) is 0.672. The van der Waals surface area contributed by atoms with Gasteiger partial charge >= 0.3 is 0 Å². The summed E-state index contributed by atoms with van der Waals surface area (Å²) < 4.78 is 1.72. The lowest BCUT2D eigenvalue weighted by Gasteiger charge is -2.13. The van der Waals surface area contributed by atoms with E-state index in [0.717, 1.165) is 0 Å². The molecule has 0 atom stereocenters. The van der Waals surface area contributed by atoms with Gasteiger partial charge in [0.15, 0.2) is 0 Å². The van der Waals surface area contributed by atoms with E-state index < -0.39 is 0 Å². The number of guanidine groups is 1. The molecule has 0 aromatic rings. The predicted octanol–water partition coefficient (Wildman–Crippen LogP) is -1.39. The van der Waals surface area contributed by atoms with Gasteiger partial charge in [-0.2, -0.15) is 4.41 Å². The largest absolute Gasteiger partial charge is 0.282 e. The molecule has 4 N–H and O–H groups in total. The molecule has 2 aliphatic rings. The average Bonchev–Trinajstić information content (AvgIpc) is 2.59. The van der Waals surface area contributed by atoms with Crippen molar-refractivity contribution in [2.24, 2.45) is 5.10 Å². The first-order valence-corrected chi connectivity index (χ1v) is 3.44. The fraction of sp³-hybridized carbons (Fsp3) is 0. The second-order valence-electron chi connectivity index (χ2n) is 1.57. The van der Waals surface area contributed by atoms with Gasteiger partial charge in [0.1, 0.15) is 0 Å². The van der Waals surface area contributed by atoms with Crippen LogP contribution >= 0.6 is 11.9 Å². The van der Waals surface area contributed by atoms with Crippen LogP contribution in [0.2, 0.25) is 0 Å². The van der Waals surface area contributed by atoms with E-state index in [2.05, 4.69) is 33.2 Å². The third-order valence-corrected chi connectivity index (χ3v) is 1.67. The zero-order chi connectivity index (χ0) is 6.81. The van der Waals surface area contributed by atoms with Gasteiger partial charge in [-0.25, -0.2) is 5.53 Å². The molecule has 0 bridgehead atoms. The fourth-order valence-electron chi connectivity index (χ4n) is 0.582. The van der Waals surface area contributed by atoms with Crippen LogP contribution in [0.3, 0.4) is 0 Å². The molecule has 0 saturated heterocycles. The van der Waals surface area contributed by atoms with Gasteiger partial charge in [-0.1, -0.05) is 0 Å². The first kappa shape index (κ1) is 5.69. The molecule has 1 radical (unpaired) electrons. The zero-order valence-electron chi connectivity index (χ0n) is 4.88. The minimum atomic E-state index is 0.672. The molecule has 2 rings (SSSR count). The van der Waals surface area contributed by atoms with Gasteiger partial charge in [0.2, 0.25) is 0 Å². The maximum absolute atomic E-state index is 3.84. The van der Waals surface area contributed by atoms with Crippen LogP contribution in [0.25, 0.3) is 0 Å². The topological polar surface area (TPSA) is 63.7 Å². The summed E-state index contributed by atoms with van der Waals surface area (Å²) in [4.78, 5) is 0. The van der Waals surface area contributed by atoms with Crippen LogP contribution in [0.1, 0.15) is 0 Å². The highest BCUT2D eigenvalue weighted by atomic mass is 32.2. The zero-order valence-corrected chi connectivity index (χ0v) is 5.70. The standard InChI is InChI=1S/C3H5N6S/c1-2-10-9(4-1)3-5-7-8-6-3/h2,4,7-8H,(H,5,6). The molecule has 2 heterocycles. The number of hydrogen-bond acceptors (Lipinski definition) is 7. The van der Waals surface area contributed by atoms with Crippen LogP contribution in [0, 0.1) is 6.20 Å². The normalized spacial score (nSPS) is 21.6. The summed E-state index contributed by atoms with van der Waals surface area (Å²) in [6, 6.07) is 0. The molecular formula is C3H5N6S. The Bertz CT molecular complexity index is 179. The summed E-state index contributed by atoms with van der Waals surface area (Å²) in [7, 11) is 0. The highest BCUT2D eigenvalue weighted by molar-refractivity contribution is 8.00. The van der Waals surface area contributed by atoms with E-state index in [4.69, 9.17) is 0 Å². The Balaban J connectivity index is 1.99. The molecule has 53 valence electrons. The van der Waals surface area contributed by atoms with Crippen LogP contribution in [-0.4, -0.2) is 10.4 Å². The number of nitrogens with zero attached hydrogens (tertiary/aromatic N) is 2. The van der Waals surface area contributed by atoms with E-state index in [1.54, 1.807) is 9.82 Å². The van der Waals surface area contributed by atoms with Crippen molar-refractivity contribution in [1.29, 1.82) is 0 Å². The Morgan fingerprint density at radius 3 is 3.30 bits per heavy atom. The molecule has 0 aliphatic carbocycles. The smallest absolute Gasteiger partial charge is 0.263 e. The molecule has 10 heavy (non-hydrogen) atoms. The van der Waals surface area contributed by atoms with Gasteiger partial charge in [0.25, 0.3) is 5.96 Å². The van der Waals surface area contributed by atoms with Crippen molar-refractivity contribution in [1.82, 2.24) is 26.3 Å². The first-order valence-electron chi connectivity index (χ1n) is 2.60. The van der Waals surface area contributed by atoms with Crippen LogP contribution in [-0.2, 0) is 0 Å². The minimum Gasteiger partial charge on any atom is -0.282 e. The van der Waals surface area contributed by atoms with Crippen molar-refractivity contribution < 1.29 is 0 Å². The van der Waals surface area contributed by atoms with Gasteiger partial charge in [0, 0.05) is 17.4 Å². The minimum absolute atomic E-state index is 0.672. The third kappa shape index (κ3) is 0.847. The molecule has 0 saturated carbocycles. The molecule has 0 aromatic heterocycles. The summed E-state index contributed by atoms with van der Waals surface area (Å²) in [6.45, 7) is 0. The molecule has 0 amide bonds. The summed E-state index contributed by atoms with van der Waals surface area (Å²) in [5, 5.41) is 5.64.